The van der Waals surface area contributed by atoms with Crippen LogP contribution in [-0.2, 0) is 4.79 Å². The number of rotatable bonds is 4. The van der Waals surface area contributed by atoms with Gasteiger partial charge in [-0.2, -0.15) is 0 Å². The van der Waals surface area contributed by atoms with Crippen LogP contribution in [0.3, 0.4) is 0 Å². The zero-order valence-electron chi connectivity index (χ0n) is 10.2. The summed E-state index contributed by atoms with van der Waals surface area (Å²) < 4.78 is 0. The lowest BCUT2D eigenvalue weighted by molar-refractivity contribution is -0.132. The molecule has 1 atom stereocenters. The number of amides is 1. The highest BCUT2D eigenvalue weighted by Gasteiger charge is 2.23. The van der Waals surface area contributed by atoms with Gasteiger partial charge < -0.3 is 10.6 Å². The predicted octanol–water partition coefficient (Wildman–Crippen LogP) is 1.60. The molecule has 0 aliphatic rings. The van der Waals surface area contributed by atoms with E-state index in [4.69, 9.17) is 5.73 Å². The van der Waals surface area contributed by atoms with Crippen molar-refractivity contribution in [3.63, 3.8) is 0 Å². The molecule has 1 amide bonds. The van der Waals surface area contributed by atoms with Crippen LogP contribution in [-0.4, -0.2) is 30.4 Å². The number of carbonyl (C=O) groups excluding carboxylic acids is 1. The van der Waals surface area contributed by atoms with Gasteiger partial charge in [-0.05, 0) is 19.4 Å². The van der Waals surface area contributed by atoms with Crippen LogP contribution in [0.4, 0.5) is 0 Å². The molecule has 1 aromatic rings. The molecule has 0 aliphatic heterocycles. The average molecular weight is 220 g/mol. The molecule has 2 N–H and O–H groups in total. The van der Waals surface area contributed by atoms with E-state index in [2.05, 4.69) is 0 Å². The van der Waals surface area contributed by atoms with E-state index in [1.807, 2.05) is 51.2 Å². The summed E-state index contributed by atoms with van der Waals surface area (Å²) in [6, 6.07) is 9.90. The van der Waals surface area contributed by atoms with Crippen molar-refractivity contribution in [3.05, 3.63) is 35.9 Å². The van der Waals surface area contributed by atoms with Gasteiger partial charge in [0.25, 0.3) is 0 Å². The Balaban J connectivity index is 2.87. The first-order valence-electron chi connectivity index (χ1n) is 5.59. The second kappa shape index (κ2) is 5.66. The molecule has 0 spiro atoms. The molecule has 1 rings (SSSR count). The Kier molecular flexibility index (Phi) is 4.50. The molecule has 1 aromatic carbocycles. The van der Waals surface area contributed by atoms with Crippen LogP contribution < -0.4 is 5.73 Å². The van der Waals surface area contributed by atoms with Gasteiger partial charge in [-0.15, -0.1) is 0 Å². The lowest BCUT2D eigenvalue weighted by atomic mass is 9.97. The summed E-state index contributed by atoms with van der Waals surface area (Å²) in [6.45, 7) is 4.34. The first kappa shape index (κ1) is 12.7. The van der Waals surface area contributed by atoms with Gasteiger partial charge in [0.2, 0.25) is 5.91 Å². The molecule has 88 valence electrons. The topological polar surface area (TPSA) is 46.3 Å². The van der Waals surface area contributed by atoms with E-state index >= 15 is 0 Å². The third-order valence-corrected chi connectivity index (χ3v) is 2.86. The molecule has 0 bridgehead atoms. The Morgan fingerprint density at radius 3 is 2.31 bits per heavy atom. The number of hydrogen-bond donors (Lipinski definition) is 1. The van der Waals surface area contributed by atoms with Gasteiger partial charge in [0.1, 0.15) is 0 Å². The second-order valence-electron chi connectivity index (χ2n) is 4.24. The maximum atomic E-state index is 12.2. The minimum absolute atomic E-state index is 0.0868. The van der Waals surface area contributed by atoms with Gasteiger partial charge in [-0.25, -0.2) is 0 Å². The molecule has 0 saturated carbocycles. The number of nitrogens with zero attached hydrogens (tertiary/aromatic N) is 1. The quantitative estimate of drug-likeness (QED) is 0.837. The van der Waals surface area contributed by atoms with Gasteiger partial charge in [-0.1, -0.05) is 30.3 Å². The third kappa shape index (κ3) is 2.83. The van der Waals surface area contributed by atoms with Crippen molar-refractivity contribution in [1.29, 1.82) is 0 Å². The van der Waals surface area contributed by atoms with Crippen LogP contribution in [0.1, 0.15) is 25.3 Å². The number of likely N-dealkylation sites (N-methyl/N-ethyl adjacent to an activating group) is 1. The van der Waals surface area contributed by atoms with Crippen LogP contribution in [0.2, 0.25) is 0 Å². The highest BCUT2D eigenvalue weighted by molar-refractivity contribution is 5.84. The van der Waals surface area contributed by atoms with Crippen molar-refractivity contribution in [3.8, 4) is 0 Å². The van der Waals surface area contributed by atoms with Crippen molar-refractivity contribution in [2.45, 2.75) is 25.8 Å². The first-order valence-corrected chi connectivity index (χ1v) is 5.59. The fourth-order valence-electron chi connectivity index (χ4n) is 1.57. The summed E-state index contributed by atoms with van der Waals surface area (Å²) in [6.07, 6.45) is 0. The monoisotopic (exact) mass is 220 g/mol. The summed E-state index contributed by atoms with van der Waals surface area (Å²) in [5.41, 5.74) is 6.68. The molecule has 0 aliphatic carbocycles. The summed E-state index contributed by atoms with van der Waals surface area (Å²) in [5, 5.41) is 0. The van der Waals surface area contributed by atoms with Crippen LogP contribution in [0, 0.1) is 0 Å². The SMILES string of the molecule is CC(C)N(C)C(=O)C(CN)c1ccccc1. The molecule has 0 heterocycles. The molecule has 16 heavy (non-hydrogen) atoms. The molecule has 1 unspecified atom stereocenters. The molecule has 0 aromatic heterocycles. The maximum absolute atomic E-state index is 12.2. The molecule has 0 fully saturated rings. The van der Waals surface area contributed by atoms with Gasteiger partial charge in [0.15, 0.2) is 0 Å². The van der Waals surface area contributed by atoms with E-state index in [-0.39, 0.29) is 17.9 Å². The van der Waals surface area contributed by atoms with Crippen molar-refractivity contribution in [1.82, 2.24) is 4.90 Å². The Morgan fingerprint density at radius 2 is 1.88 bits per heavy atom. The fourth-order valence-corrected chi connectivity index (χ4v) is 1.57. The van der Waals surface area contributed by atoms with Gasteiger partial charge in [0, 0.05) is 19.6 Å². The van der Waals surface area contributed by atoms with Crippen LogP contribution in [0.5, 0.6) is 0 Å². The Labute approximate surface area is 97.2 Å². The fraction of sp³-hybridized carbons (Fsp3) is 0.462. The molecule has 3 nitrogen and oxygen atoms in total. The van der Waals surface area contributed by atoms with Crippen molar-refractivity contribution < 1.29 is 4.79 Å². The molecule has 0 saturated heterocycles. The minimum atomic E-state index is -0.228. The van der Waals surface area contributed by atoms with Crippen LogP contribution >= 0.6 is 0 Å². The Bertz CT molecular complexity index is 335. The zero-order valence-corrected chi connectivity index (χ0v) is 10.2. The lowest BCUT2D eigenvalue weighted by Gasteiger charge is -2.26. The van der Waals surface area contributed by atoms with E-state index in [0.717, 1.165) is 5.56 Å². The van der Waals surface area contributed by atoms with Crippen LogP contribution in [0.15, 0.2) is 30.3 Å². The van der Waals surface area contributed by atoms with E-state index in [9.17, 15) is 4.79 Å². The third-order valence-electron chi connectivity index (χ3n) is 2.86. The van der Waals surface area contributed by atoms with Gasteiger partial charge >= 0.3 is 0 Å². The van der Waals surface area contributed by atoms with Gasteiger partial charge in [0.05, 0.1) is 5.92 Å². The van der Waals surface area contributed by atoms with Gasteiger partial charge in [-0.3, -0.25) is 4.79 Å². The number of benzene rings is 1. The largest absolute Gasteiger partial charge is 0.343 e. The summed E-state index contributed by atoms with van der Waals surface area (Å²) in [4.78, 5) is 13.9. The molecule has 3 heteroatoms. The van der Waals surface area contributed by atoms with Crippen molar-refractivity contribution in [2.75, 3.05) is 13.6 Å². The Hall–Kier alpha value is -1.35. The smallest absolute Gasteiger partial charge is 0.231 e. The molecular weight excluding hydrogens is 200 g/mol. The normalized spacial score (nSPS) is 12.6. The highest BCUT2D eigenvalue weighted by Crippen LogP contribution is 2.17. The summed E-state index contributed by atoms with van der Waals surface area (Å²) >= 11 is 0. The van der Waals surface area contributed by atoms with E-state index in [1.165, 1.54) is 0 Å². The maximum Gasteiger partial charge on any atom is 0.231 e. The van der Waals surface area contributed by atoms with Crippen LogP contribution in [0.25, 0.3) is 0 Å². The average Bonchev–Trinajstić information content (AvgIpc) is 2.30. The van der Waals surface area contributed by atoms with E-state index in [0.29, 0.717) is 6.54 Å². The minimum Gasteiger partial charge on any atom is -0.343 e. The summed E-state index contributed by atoms with van der Waals surface area (Å²) in [7, 11) is 1.82. The molecular formula is C13H20N2O. The standard InChI is InChI=1S/C13H20N2O/c1-10(2)15(3)13(16)12(9-14)11-7-5-4-6-8-11/h4-8,10,12H,9,14H2,1-3H3. The molecule has 0 radical (unpaired) electrons. The van der Waals surface area contributed by atoms with E-state index < -0.39 is 0 Å². The first-order chi connectivity index (χ1) is 7.57. The second-order valence-corrected chi connectivity index (χ2v) is 4.24. The predicted molar refractivity (Wildman–Crippen MR) is 66.1 cm³/mol. The van der Waals surface area contributed by atoms with E-state index in [1.54, 1.807) is 4.90 Å². The zero-order chi connectivity index (χ0) is 12.1. The number of carbonyl (C=O) groups is 1. The van der Waals surface area contributed by atoms with Crippen molar-refractivity contribution in [2.24, 2.45) is 5.73 Å². The number of nitrogens with two attached hydrogens (primary N) is 1. The lowest BCUT2D eigenvalue weighted by Crippen LogP contribution is -2.39. The van der Waals surface area contributed by atoms with Crippen molar-refractivity contribution >= 4 is 5.91 Å². The summed E-state index contributed by atoms with van der Waals surface area (Å²) in [5.74, 6) is -0.141. The highest BCUT2D eigenvalue weighted by atomic mass is 16.2. The number of hydrogen-bond acceptors (Lipinski definition) is 2. The Morgan fingerprint density at radius 1 is 1.31 bits per heavy atom.